The fraction of sp³-hybridized carbons (Fsp3) is 0.300. The quantitative estimate of drug-likeness (QED) is 0.812. The van der Waals surface area contributed by atoms with Crippen LogP contribution in [-0.2, 0) is 20.7 Å². The number of anilines is 1. The summed E-state index contributed by atoms with van der Waals surface area (Å²) in [5, 5.41) is 2.83. The summed E-state index contributed by atoms with van der Waals surface area (Å²) in [7, 11) is 0. The van der Waals surface area contributed by atoms with Crippen LogP contribution < -0.4 is 5.32 Å². The maximum absolute atomic E-state index is 11.9. The third-order valence-electron chi connectivity index (χ3n) is 3.93. The van der Waals surface area contributed by atoms with E-state index in [-0.39, 0.29) is 24.8 Å². The minimum atomic E-state index is -0.228. The van der Waals surface area contributed by atoms with Gasteiger partial charge in [0.1, 0.15) is 12.2 Å². The first-order valence-electron chi connectivity index (χ1n) is 8.73. The largest absolute Gasteiger partial charge is 0.466 e. The summed E-state index contributed by atoms with van der Waals surface area (Å²) in [6, 6.07) is 13.3. The summed E-state index contributed by atoms with van der Waals surface area (Å²) < 4.78 is 5.10. The van der Waals surface area contributed by atoms with Crippen molar-refractivity contribution in [1.82, 2.24) is 4.98 Å². The van der Waals surface area contributed by atoms with E-state index < -0.39 is 0 Å². The van der Waals surface area contributed by atoms with Crippen molar-refractivity contribution in [3.63, 3.8) is 0 Å². The molecular formula is C20H21N3O3. The first kappa shape index (κ1) is 17.8. The fourth-order valence-corrected chi connectivity index (χ4v) is 2.68. The number of nitrogens with zero attached hydrogens (tertiary/aromatic N) is 2. The molecule has 1 amide bonds. The highest BCUT2D eigenvalue weighted by Gasteiger charge is 2.20. The smallest absolute Gasteiger partial charge is 0.306 e. The molecule has 0 saturated heterocycles. The highest BCUT2D eigenvalue weighted by molar-refractivity contribution is 6.18. The number of benzene rings is 1. The number of aromatic nitrogens is 1. The number of carbonyl (C=O) groups is 2. The number of carbonyl (C=O) groups excluding carboxylic acids is 2. The van der Waals surface area contributed by atoms with E-state index in [4.69, 9.17) is 4.74 Å². The van der Waals surface area contributed by atoms with Gasteiger partial charge in [0.25, 0.3) is 0 Å². The molecule has 0 unspecified atom stereocenters. The van der Waals surface area contributed by atoms with E-state index in [9.17, 15) is 9.59 Å². The van der Waals surface area contributed by atoms with Gasteiger partial charge >= 0.3 is 5.97 Å². The molecule has 0 aliphatic carbocycles. The number of hydrogen-bond acceptors (Lipinski definition) is 5. The Morgan fingerprint density at radius 2 is 2.00 bits per heavy atom. The Kier molecular flexibility index (Phi) is 5.73. The number of amides is 1. The lowest BCUT2D eigenvalue weighted by molar-refractivity contribution is -0.143. The van der Waals surface area contributed by atoms with Crippen LogP contribution in [0, 0.1) is 0 Å². The van der Waals surface area contributed by atoms with Gasteiger partial charge in [0.2, 0.25) is 5.91 Å². The van der Waals surface area contributed by atoms with Gasteiger partial charge in [-0.3, -0.25) is 14.6 Å². The average molecular weight is 351 g/mol. The zero-order valence-electron chi connectivity index (χ0n) is 14.7. The molecule has 3 rings (SSSR count). The van der Waals surface area contributed by atoms with E-state index in [1.54, 1.807) is 0 Å². The number of esters is 1. The Morgan fingerprint density at radius 1 is 1.19 bits per heavy atom. The van der Waals surface area contributed by atoms with Crippen LogP contribution in [0.25, 0.3) is 0 Å². The summed E-state index contributed by atoms with van der Waals surface area (Å²) in [5.74, 6) is -0.399. The predicted octanol–water partition coefficient (Wildman–Crippen LogP) is 2.76. The lowest BCUT2D eigenvalue weighted by Gasteiger charge is -2.11. The second-order valence-corrected chi connectivity index (χ2v) is 6.00. The van der Waals surface area contributed by atoms with Crippen molar-refractivity contribution in [3.8, 4) is 0 Å². The Morgan fingerprint density at radius 3 is 2.77 bits per heavy atom. The summed E-state index contributed by atoms with van der Waals surface area (Å²) in [6.07, 6.45) is 1.56. The predicted molar refractivity (Wildman–Crippen MR) is 99.4 cm³/mol. The van der Waals surface area contributed by atoms with Crippen molar-refractivity contribution in [2.75, 3.05) is 18.5 Å². The van der Waals surface area contributed by atoms with E-state index >= 15 is 0 Å². The van der Waals surface area contributed by atoms with Crippen molar-refractivity contribution in [2.24, 2.45) is 4.99 Å². The van der Waals surface area contributed by atoms with Crippen LogP contribution in [0.4, 0.5) is 5.69 Å². The maximum Gasteiger partial charge on any atom is 0.306 e. The van der Waals surface area contributed by atoms with Gasteiger partial charge in [0.05, 0.1) is 24.4 Å². The third kappa shape index (κ3) is 4.33. The van der Waals surface area contributed by atoms with Crippen LogP contribution in [0.2, 0.25) is 0 Å². The van der Waals surface area contributed by atoms with E-state index in [0.29, 0.717) is 30.1 Å². The Bertz CT molecular complexity index is 831. The fourth-order valence-electron chi connectivity index (χ4n) is 2.68. The molecule has 0 bridgehead atoms. The Hall–Kier alpha value is -3.02. The highest BCUT2D eigenvalue weighted by atomic mass is 16.5. The maximum atomic E-state index is 11.9. The minimum Gasteiger partial charge on any atom is -0.466 e. The molecule has 0 atom stereocenters. The van der Waals surface area contributed by atoms with E-state index in [1.165, 1.54) is 0 Å². The second-order valence-electron chi connectivity index (χ2n) is 6.00. The van der Waals surface area contributed by atoms with Crippen LogP contribution in [0.15, 0.2) is 47.5 Å². The van der Waals surface area contributed by atoms with Gasteiger partial charge in [-0.25, -0.2) is 4.98 Å². The lowest BCUT2D eigenvalue weighted by Crippen LogP contribution is -2.14. The topological polar surface area (TPSA) is 80.7 Å². The SMILES string of the molecule is CCCOC(=O)CCc1ccc2c(n1)C(c1ccccc1)=NCC(=O)N2. The number of aryl methyl sites for hydroxylation is 1. The molecule has 1 N–H and O–H groups in total. The first-order chi connectivity index (χ1) is 12.7. The molecule has 6 nitrogen and oxygen atoms in total. The van der Waals surface area contributed by atoms with E-state index in [2.05, 4.69) is 15.3 Å². The molecule has 6 heteroatoms. The zero-order chi connectivity index (χ0) is 18.4. The van der Waals surface area contributed by atoms with Crippen molar-refractivity contribution < 1.29 is 14.3 Å². The first-order valence-corrected chi connectivity index (χ1v) is 8.73. The summed E-state index contributed by atoms with van der Waals surface area (Å²) >= 11 is 0. The van der Waals surface area contributed by atoms with Crippen molar-refractivity contribution in [1.29, 1.82) is 0 Å². The summed E-state index contributed by atoms with van der Waals surface area (Å²) in [5.41, 5.74) is 3.59. The summed E-state index contributed by atoms with van der Waals surface area (Å²) in [6.45, 7) is 2.45. The Balaban J connectivity index is 1.86. The van der Waals surface area contributed by atoms with Crippen LogP contribution >= 0.6 is 0 Å². The molecule has 0 fully saturated rings. The molecule has 0 radical (unpaired) electrons. The molecule has 2 aromatic rings. The van der Waals surface area contributed by atoms with Crippen molar-refractivity contribution >= 4 is 23.3 Å². The van der Waals surface area contributed by atoms with Gasteiger partial charge in [-0.05, 0) is 18.6 Å². The molecule has 1 aliphatic rings. The molecule has 1 aromatic carbocycles. The molecule has 1 aliphatic heterocycles. The molecule has 2 heterocycles. The van der Waals surface area contributed by atoms with Crippen LogP contribution in [0.5, 0.6) is 0 Å². The van der Waals surface area contributed by atoms with Gasteiger partial charge in [-0.2, -0.15) is 0 Å². The highest BCUT2D eigenvalue weighted by Crippen LogP contribution is 2.22. The average Bonchev–Trinajstić information content (AvgIpc) is 2.83. The number of fused-ring (bicyclic) bond motifs is 1. The molecule has 26 heavy (non-hydrogen) atoms. The van der Waals surface area contributed by atoms with Crippen LogP contribution in [-0.4, -0.2) is 35.7 Å². The number of ether oxygens (including phenoxy) is 1. The summed E-state index contributed by atoms with van der Waals surface area (Å²) in [4.78, 5) is 32.7. The van der Waals surface area contributed by atoms with Gasteiger partial charge in [0, 0.05) is 17.7 Å². The van der Waals surface area contributed by atoms with E-state index in [1.807, 2.05) is 49.4 Å². The number of aliphatic imine (C=N–C) groups is 1. The van der Waals surface area contributed by atoms with Gasteiger partial charge in [-0.15, -0.1) is 0 Å². The Labute approximate surface area is 152 Å². The van der Waals surface area contributed by atoms with Gasteiger partial charge in [-0.1, -0.05) is 37.3 Å². The van der Waals surface area contributed by atoms with Crippen LogP contribution in [0.1, 0.15) is 36.7 Å². The lowest BCUT2D eigenvalue weighted by atomic mass is 10.0. The van der Waals surface area contributed by atoms with Gasteiger partial charge in [0.15, 0.2) is 0 Å². The second kappa shape index (κ2) is 8.38. The normalized spacial score (nSPS) is 13.3. The standard InChI is InChI=1S/C20H21N3O3/c1-2-12-26-18(25)11-9-15-8-10-16-20(22-15)19(21-13-17(24)23-16)14-6-4-3-5-7-14/h3-8,10H,2,9,11-13H2,1H3,(H,23,24). The number of rotatable bonds is 6. The number of pyridine rings is 1. The third-order valence-corrected chi connectivity index (χ3v) is 3.93. The molecular weight excluding hydrogens is 330 g/mol. The van der Waals surface area contributed by atoms with Crippen molar-refractivity contribution in [2.45, 2.75) is 26.2 Å². The minimum absolute atomic E-state index is 0.0548. The number of nitrogens with one attached hydrogen (secondary N) is 1. The molecule has 134 valence electrons. The van der Waals surface area contributed by atoms with Crippen LogP contribution in [0.3, 0.4) is 0 Å². The monoisotopic (exact) mass is 351 g/mol. The zero-order valence-corrected chi connectivity index (χ0v) is 14.7. The molecule has 0 saturated carbocycles. The van der Waals surface area contributed by atoms with Gasteiger partial charge < -0.3 is 10.1 Å². The van der Waals surface area contributed by atoms with E-state index in [0.717, 1.165) is 17.7 Å². The van der Waals surface area contributed by atoms with Crippen molar-refractivity contribution in [3.05, 3.63) is 59.4 Å². The molecule has 0 spiro atoms. The molecule has 1 aromatic heterocycles. The number of hydrogen-bond donors (Lipinski definition) is 1.